The fraction of sp³-hybridized carbons (Fsp3) is 0.556. The second-order valence-electron chi connectivity index (χ2n) is 1.96. The minimum Gasteiger partial charge on any atom is -0.327 e. The van der Waals surface area contributed by atoms with E-state index in [0.717, 1.165) is 0 Å². The quantitative estimate of drug-likeness (QED) is 0.596. The molecule has 60 valence electrons. The monoisotopic (exact) mass is 141 g/mol. The fourth-order valence-electron chi connectivity index (χ4n) is 0.819. The lowest BCUT2D eigenvalue weighted by molar-refractivity contribution is 0.995. The van der Waals surface area contributed by atoms with Crippen molar-refractivity contribution in [3.05, 3.63) is 23.8 Å². The van der Waals surface area contributed by atoms with E-state index < -0.39 is 0 Å². The Balaban J connectivity index is 0. The lowest BCUT2D eigenvalue weighted by atomic mass is 10.1. The molecule has 2 N–H and O–H groups in total. The lowest BCUT2D eigenvalue weighted by Crippen LogP contribution is -2.01. The van der Waals surface area contributed by atoms with Crippen LogP contribution in [-0.4, -0.2) is 6.54 Å². The van der Waals surface area contributed by atoms with Crippen molar-refractivity contribution in [2.24, 2.45) is 5.73 Å². The highest BCUT2D eigenvalue weighted by atomic mass is 14.5. The maximum atomic E-state index is 5.38. The summed E-state index contributed by atoms with van der Waals surface area (Å²) in [7, 11) is 0. The van der Waals surface area contributed by atoms with E-state index in [-0.39, 0.29) is 1.43 Å². The molecule has 0 saturated heterocycles. The van der Waals surface area contributed by atoms with Crippen molar-refractivity contribution in [3.8, 4) is 0 Å². The van der Waals surface area contributed by atoms with E-state index in [0.29, 0.717) is 6.54 Å². The molecule has 0 aromatic heterocycles. The first kappa shape index (κ1) is 9.44. The third kappa shape index (κ3) is 3.46. The minimum absolute atomic E-state index is 0. The summed E-state index contributed by atoms with van der Waals surface area (Å²) in [6.45, 7) is 4.69. The molecule has 0 spiro atoms. The number of nitrogens with two attached hydrogens (primary N) is 1. The van der Waals surface area contributed by atoms with Crippen LogP contribution >= 0.6 is 0 Å². The van der Waals surface area contributed by atoms with Crippen LogP contribution in [0.3, 0.4) is 0 Å². The van der Waals surface area contributed by atoms with E-state index in [4.69, 9.17) is 5.73 Å². The summed E-state index contributed by atoms with van der Waals surface area (Å²) < 4.78 is 0. The predicted molar refractivity (Wildman–Crippen MR) is 49.0 cm³/mol. The summed E-state index contributed by atoms with van der Waals surface area (Å²) >= 11 is 0. The molecule has 0 amide bonds. The van der Waals surface area contributed by atoms with Gasteiger partial charge in [-0.25, -0.2) is 0 Å². The first-order valence-electron chi connectivity index (χ1n) is 3.99. The van der Waals surface area contributed by atoms with Crippen molar-refractivity contribution in [3.63, 3.8) is 0 Å². The second kappa shape index (κ2) is 6.56. The minimum atomic E-state index is 0. The van der Waals surface area contributed by atoms with Crippen molar-refractivity contribution in [2.75, 3.05) is 6.54 Å². The van der Waals surface area contributed by atoms with Crippen molar-refractivity contribution in [1.29, 1.82) is 0 Å². The molecular weight excluding hydrogens is 122 g/mol. The molecule has 0 heterocycles. The molecule has 0 radical (unpaired) electrons. The Hall–Kier alpha value is -0.560. The molecule has 0 aromatic carbocycles. The zero-order valence-corrected chi connectivity index (χ0v) is 6.93. The van der Waals surface area contributed by atoms with Crippen LogP contribution in [0.25, 0.3) is 0 Å². The first-order valence-corrected chi connectivity index (χ1v) is 3.99. The van der Waals surface area contributed by atoms with Gasteiger partial charge in [0.25, 0.3) is 0 Å². The Kier molecular flexibility index (Phi) is 6.19. The molecule has 0 atom stereocenters. The third-order valence-corrected chi connectivity index (χ3v) is 1.31. The summed E-state index contributed by atoms with van der Waals surface area (Å²) in [5.74, 6) is 0. The average Bonchev–Trinajstić information content (AvgIpc) is 2.10. The highest BCUT2D eigenvalue weighted by Gasteiger charge is 1.91. The second-order valence-corrected chi connectivity index (χ2v) is 1.96. The van der Waals surface area contributed by atoms with Gasteiger partial charge in [-0.15, -0.1) is 0 Å². The average molecular weight is 141 g/mol. The van der Waals surface area contributed by atoms with Crippen LogP contribution in [0.1, 0.15) is 28.1 Å². The molecule has 1 aliphatic carbocycles. The Labute approximate surface area is 65.1 Å². The van der Waals surface area contributed by atoms with E-state index >= 15 is 0 Å². The van der Waals surface area contributed by atoms with Gasteiger partial charge >= 0.3 is 0 Å². The van der Waals surface area contributed by atoms with Gasteiger partial charge in [0.1, 0.15) is 0 Å². The van der Waals surface area contributed by atoms with Crippen LogP contribution in [0.4, 0.5) is 0 Å². The number of allylic oxidation sites excluding steroid dienone is 2. The van der Waals surface area contributed by atoms with Crippen LogP contribution < -0.4 is 5.73 Å². The third-order valence-electron chi connectivity index (χ3n) is 1.31. The Morgan fingerprint density at radius 2 is 2.20 bits per heavy atom. The Morgan fingerprint density at radius 3 is 2.50 bits per heavy atom. The van der Waals surface area contributed by atoms with Crippen LogP contribution in [0, 0.1) is 0 Å². The van der Waals surface area contributed by atoms with Crippen LogP contribution in [0.2, 0.25) is 0 Å². The fourth-order valence-corrected chi connectivity index (χ4v) is 0.819. The number of hydrogen-bond acceptors (Lipinski definition) is 1. The van der Waals surface area contributed by atoms with E-state index in [2.05, 4.69) is 18.2 Å². The summed E-state index contributed by atoms with van der Waals surface area (Å²) in [5.41, 5.74) is 6.66. The van der Waals surface area contributed by atoms with Gasteiger partial charge in [0.2, 0.25) is 0 Å². The maximum Gasteiger partial charge on any atom is 0.0174 e. The van der Waals surface area contributed by atoms with Gasteiger partial charge in [-0.3, -0.25) is 0 Å². The lowest BCUT2D eigenvalue weighted by Gasteiger charge is -2.01. The zero-order valence-electron chi connectivity index (χ0n) is 6.93. The van der Waals surface area contributed by atoms with E-state index in [1.165, 1.54) is 18.4 Å². The largest absolute Gasteiger partial charge is 0.327 e. The summed E-state index contributed by atoms with van der Waals surface area (Å²) in [6.07, 6.45) is 8.82. The number of rotatable bonds is 1. The van der Waals surface area contributed by atoms with Crippen molar-refractivity contribution < 1.29 is 1.43 Å². The van der Waals surface area contributed by atoms with E-state index in [9.17, 15) is 0 Å². The smallest absolute Gasteiger partial charge is 0.0174 e. The molecule has 1 nitrogen and oxygen atoms in total. The molecule has 10 heavy (non-hydrogen) atoms. The molecule has 0 saturated carbocycles. The van der Waals surface area contributed by atoms with Gasteiger partial charge in [0, 0.05) is 7.97 Å². The van der Waals surface area contributed by atoms with Crippen LogP contribution in [-0.2, 0) is 0 Å². The van der Waals surface area contributed by atoms with E-state index in [1.807, 2.05) is 13.8 Å². The molecule has 1 rings (SSSR count). The highest BCUT2D eigenvalue weighted by molar-refractivity contribution is 5.22. The van der Waals surface area contributed by atoms with E-state index in [1.54, 1.807) is 0 Å². The number of hydrogen-bond donors (Lipinski definition) is 1. The molecular formula is C9H19N. The first-order chi connectivity index (χ1) is 4.93. The van der Waals surface area contributed by atoms with Crippen LogP contribution in [0.5, 0.6) is 0 Å². The van der Waals surface area contributed by atoms with Gasteiger partial charge < -0.3 is 5.73 Å². The van der Waals surface area contributed by atoms with Gasteiger partial charge in [-0.2, -0.15) is 0 Å². The molecule has 1 heteroatoms. The summed E-state index contributed by atoms with van der Waals surface area (Å²) in [5, 5.41) is 0. The SMILES string of the molecule is CC.NCC1=CCCC=C1.[HH]. The summed E-state index contributed by atoms with van der Waals surface area (Å²) in [4.78, 5) is 0. The van der Waals surface area contributed by atoms with Gasteiger partial charge in [-0.05, 0) is 18.4 Å². The highest BCUT2D eigenvalue weighted by Crippen LogP contribution is 2.06. The molecule has 1 aliphatic rings. The van der Waals surface area contributed by atoms with Gasteiger partial charge in [0.05, 0.1) is 0 Å². The predicted octanol–water partition coefficient (Wildman–Crippen LogP) is 2.49. The molecule has 0 aromatic rings. The van der Waals surface area contributed by atoms with Gasteiger partial charge in [0.15, 0.2) is 0 Å². The molecule has 0 fully saturated rings. The normalized spacial score (nSPS) is 15.3. The van der Waals surface area contributed by atoms with Crippen LogP contribution in [0.15, 0.2) is 23.8 Å². The molecule has 0 unspecified atom stereocenters. The topological polar surface area (TPSA) is 26.0 Å². The van der Waals surface area contributed by atoms with Crippen molar-refractivity contribution in [1.82, 2.24) is 0 Å². The standard InChI is InChI=1S/C7H11N.C2H6.H2/c8-6-7-4-2-1-3-5-7;1-2;/h2,4-5H,1,3,6,8H2;1-2H3;1H. The molecule has 0 bridgehead atoms. The zero-order chi connectivity index (χ0) is 7.82. The van der Waals surface area contributed by atoms with Gasteiger partial charge in [-0.1, -0.05) is 32.1 Å². The van der Waals surface area contributed by atoms with Crippen molar-refractivity contribution in [2.45, 2.75) is 26.7 Å². The Morgan fingerprint density at radius 1 is 1.50 bits per heavy atom. The van der Waals surface area contributed by atoms with Crippen molar-refractivity contribution >= 4 is 0 Å². The Bertz CT molecular complexity index is 128. The summed E-state index contributed by atoms with van der Waals surface area (Å²) in [6, 6.07) is 0. The maximum absolute atomic E-state index is 5.38. The molecule has 0 aliphatic heterocycles.